The van der Waals surface area contributed by atoms with Crippen LogP contribution in [0.2, 0.25) is 0 Å². The van der Waals surface area contributed by atoms with Gasteiger partial charge < -0.3 is 5.32 Å². The number of nitrogens with one attached hydrogen (secondary N) is 2. The molecule has 0 aliphatic rings. The molecule has 8 heteroatoms. The highest BCUT2D eigenvalue weighted by Gasteiger charge is 2.31. The summed E-state index contributed by atoms with van der Waals surface area (Å²) < 4.78 is 28.1. The van der Waals surface area contributed by atoms with E-state index in [0.29, 0.717) is 22.8 Å². The van der Waals surface area contributed by atoms with Gasteiger partial charge in [-0.1, -0.05) is 23.8 Å². The number of aryl methyl sites for hydroxylation is 5. The SMILES string of the molecule is Cc1ccc(N(CC(=O)Nc2cc(C)cc(C)c2)S(=O)(=O)c2c(C)n[nH]c2C)cc1. The fourth-order valence-electron chi connectivity index (χ4n) is 3.43. The Hall–Kier alpha value is -3.13. The van der Waals surface area contributed by atoms with Crippen molar-refractivity contribution in [3.05, 3.63) is 70.5 Å². The number of amides is 1. The number of aromatic amines is 1. The van der Waals surface area contributed by atoms with Crippen molar-refractivity contribution in [3.63, 3.8) is 0 Å². The molecule has 1 aromatic heterocycles. The second kappa shape index (κ2) is 8.31. The molecule has 0 radical (unpaired) electrons. The zero-order valence-corrected chi connectivity index (χ0v) is 18.6. The van der Waals surface area contributed by atoms with E-state index in [1.54, 1.807) is 26.0 Å². The van der Waals surface area contributed by atoms with Crippen LogP contribution in [0.4, 0.5) is 11.4 Å². The maximum absolute atomic E-state index is 13.5. The topological polar surface area (TPSA) is 95.2 Å². The Balaban J connectivity index is 1.98. The Labute approximate surface area is 177 Å². The number of nitrogens with zero attached hydrogens (tertiary/aromatic N) is 2. The molecule has 7 nitrogen and oxygen atoms in total. The summed E-state index contributed by atoms with van der Waals surface area (Å²) in [5.74, 6) is -0.428. The third-order valence-electron chi connectivity index (χ3n) is 4.72. The predicted octanol–water partition coefficient (Wildman–Crippen LogP) is 3.79. The molecule has 158 valence electrons. The molecule has 0 saturated carbocycles. The molecule has 0 bridgehead atoms. The minimum absolute atomic E-state index is 0.0854. The first-order chi connectivity index (χ1) is 14.1. The second-order valence-corrected chi connectivity index (χ2v) is 9.33. The number of anilines is 2. The van der Waals surface area contributed by atoms with Crippen LogP contribution in [-0.2, 0) is 14.8 Å². The van der Waals surface area contributed by atoms with Gasteiger partial charge in [-0.05, 0) is 70.0 Å². The van der Waals surface area contributed by atoms with Gasteiger partial charge in [0.15, 0.2) is 0 Å². The van der Waals surface area contributed by atoms with Crippen molar-refractivity contribution < 1.29 is 13.2 Å². The summed E-state index contributed by atoms with van der Waals surface area (Å²) in [6.45, 7) is 8.71. The lowest BCUT2D eigenvalue weighted by molar-refractivity contribution is -0.114. The van der Waals surface area contributed by atoms with Crippen molar-refractivity contribution in [1.29, 1.82) is 0 Å². The summed E-state index contributed by atoms with van der Waals surface area (Å²) in [4.78, 5) is 12.9. The summed E-state index contributed by atoms with van der Waals surface area (Å²) in [7, 11) is -4.01. The van der Waals surface area contributed by atoms with Crippen LogP contribution in [0.3, 0.4) is 0 Å². The van der Waals surface area contributed by atoms with Crippen molar-refractivity contribution in [3.8, 4) is 0 Å². The van der Waals surface area contributed by atoms with E-state index < -0.39 is 15.9 Å². The van der Waals surface area contributed by atoms with Crippen molar-refractivity contribution in [2.45, 2.75) is 39.5 Å². The van der Waals surface area contributed by atoms with Gasteiger partial charge in [-0.15, -0.1) is 0 Å². The molecule has 0 spiro atoms. The Morgan fingerprint density at radius 3 is 2.10 bits per heavy atom. The number of H-pyrrole nitrogens is 1. The first kappa shape index (κ1) is 21.6. The van der Waals surface area contributed by atoms with Gasteiger partial charge in [0.1, 0.15) is 11.4 Å². The average molecular weight is 427 g/mol. The van der Waals surface area contributed by atoms with E-state index in [0.717, 1.165) is 21.0 Å². The fraction of sp³-hybridized carbons (Fsp3) is 0.273. The Kier molecular flexibility index (Phi) is 5.98. The van der Waals surface area contributed by atoms with Gasteiger partial charge in [-0.3, -0.25) is 14.2 Å². The lowest BCUT2D eigenvalue weighted by atomic mass is 10.1. The molecule has 0 aliphatic carbocycles. The number of hydrogen-bond donors (Lipinski definition) is 2. The number of benzene rings is 2. The molecule has 0 unspecified atom stereocenters. The molecule has 0 saturated heterocycles. The Morgan fingerprint density at radius 2 is 1.57 bits per heavy atom. The van der Waals surface area contributed by atoms with Crippen molar-refractivity contribution in [2.75, 3.05) is 16.2 Å². The molecule has 0 atom stereocenters. The molecule has 3 aromatic rings. The smallest absolute Gasteiger partial charge is 0.268 e. The van der Waals surface area contributed by atoms with Crippen LogP contribution >= 0.6 is 0 Å². The van der Waals surface area contributed by atoms with Gasteiger partial charge in [-0.25, -0.2) is 8.42 Å². The summed E-state index contributed by atoms with van der Waals surface area (Å²) in [6.07, 6.45) is 0. The maximum atomic E-state index is 13.5. The van der Waals surface area contributed by atoms with E-state index in [-0.39, 0.29) is 11.4 Å². The molecule has 1 amide bonds. The Bertz CT molecular complexity index is 1140. The molecule has 2 aromatic carbocycles. The lowest BCUT2D eigenvalue weighted by Gasteiger charge is -2.24. The summed E-state index contributed by atoms with van der Waals surface area (Å²) >= 11 is 0. The van der Waals surface area contributed by atoms with Gasteiger partial charge in [-0.2, -0.15) is 5.10 Å². The Morgan fingerprint density at radius 1 is 0.967 bits per heavy atom. The third-order valence-corrected chi connectivity index (χ3v) is 6.76. The quantitative estimate of drug-likeness (QED) is 0.627. The van der Waals surface area contributed by atoms with Gasteiger partial charge in [0.2, 0.25) is 5.91 Å². The van der Waals surface area contributed by atoms with Crippen LogP contribution in [0.1, 0.15) is 28.1 Å². The number of hydrogen-bond acceptors (Lipinski definition) is 4. The number of aromatic nitrogens is 2. The zero-order chi connectivity index (χ0) is 22.1. The predicted molar refractivity (Wildman–Crippen MR) is 118 cm³/mol. The van der Waals surface area contributed by atoms with Crippen molar-refractivity contribution in [2.24, 2.45) is 0 Å². The summed E-state index contributed by atoms with van der Waals surface area (Å²) in [5, 5.41) is 9.53. The molecular weight excluding hydrogens is 400 g/mol. The van der Waals surface area contributed by atoms with Crippen LogP contribution in [0, 0.1) is 34.6 Å². The zero-order valence-electron chi connectivity index (χ0n) is 17.8. The van der Waals surface area contributed by atoms with Crippen LogP contribution in [0.25, 0.3) is 0 Å². The average Bonchev–Trinajstić information content (AvgIpc) is 2.98. The third kappa shape index (κ3) is 4.54. The van der Waals surface area contributed by atoms with Gasteiger partial charge >= 0.3 is 0 Å². The molecule has 0 fully saturated rings. The normalized spacial score (nSPS) is 11.4. The van der Waals surface area contributed by atoms with E-state index in [4.69, 9.17) is 0 Å². The highest BCUT2D eigenvalue weighted by atomic mass is 32.2. The van der Waals surface area contributed by atoms with E-state index in [1.165, 1.54) is 0 Å². The van der Waals surface area contributed by atoms with Crippen LogP contribution in [0.15, 0.2) is 47.4 Å². The fourth-order valence-corrected chi connectivity index (χ4v) is 5.19. The summed E-state index contributed by atoms with van der Waals surface area (Å²) in [6, 6.07) is 12.7. The van der Waals surface area contributed by atoms with E-state index in [1.807, 2.05) is 51.1 Å². The monoisotopic (exact) mass is 426 g/mol. The van der Waals surface area contributed by atoms with Gasteiger partial charge in [0.25, 0.3) is 10.0 Å². The molecule has 3 rings (SSSR count). The minimum Gasteiger partial charge on any atom is -0.324 e. The molecule has 2 N–H and O–H groups in total. The van der Waals surface area contributed by atoms with Gasteiger partial charge in [0, 0.05) is 5.69 Å². The van der Waals surface area contributed by atoms with E-state index in [9.17, 15) is 13.2 Å². The lowest BCUT2D eigenvalue weighted by Crippen LogP contribution is -2.38. The highest BCUT2D eigenvalue weighted by molar-refractivity contribution is 7.93. The molecular formula is C22H26N4O3S. The van der Waals surface area contributed by atoms with Crippen LogP contribution < -0.4 is 9.62 Å². The molecule has 30 heavy (non-hydrogen) atoms. The largest absolute Gasteiger partial charge is 0.324 e. The number of rotatable bonds is 6. The molecule has 1 heterocycles. The van der Waals surface area contributed by atoms with Gasteiger partial charge in [0.05, 0.1) is 17.1 Å². The number of carbonyl (C=O) groups is 1. The standard InChI is InChI=1S/C22H26N4O3S/c1-14-6-8-20(9-7-14)26(30(28,29)22-17(4)24-25-18(22)5)13-21(27)23-19-11-15(2)10-16(3)12-19/h6-12H,13H2,1-5H3,(H,23,27)(H,24,25). The van der Waals surface area contributed by atoms with E-state index >= 15 is 0 Å². The molecule has 0 aliphatic heterocycles. The highest BCUT2D eigenvalue weighted by Crippen LogP contribution is 2.27. The number of carbonyl (C=O) groups excluding carboxylic acids is 1. The van der Waals surface area contributed by atoms with Crippen molar-refractivity contribution in [1.82, 2.24) is 10.2 Å². The van der Waals surface area contributed by atoms with Crippen LogP contribution in [0.5, 0.6) is 0 Å². The minimum atomic E-state index is -4.01. The summed E-state index contributed by atoms with van der Waals surface area (Å²) in [5.41, 5.74) is 4.85. The van der Waals surface area contributed by atoms with E-state index in [2.05, 4.69) is 15.5 Å². The van der Waals surface area contributed by atoms with Crippen LogP contribution in [-0.4, -0.2) is 31.1 Å². The number of sulfonamides is 1. The first-order valence-electron chi connectivity index (χ1n) is 9.57. The maximum Gasteiger partial charge on any atom is 0.268 e. The second-order valence-electron chi connectivity index (χ2n) is 7.53. The first-order valence-corrected chi connectivity index (χ1v) is 11.0. The van der Waals surface area contributed by atoms with Crippen molar-refractivity contribution >= 4 is 27.3 Å².